The van der Waals surface area contributed by atoms with E-state index in [1.165, 1.54) is 0 Å². The van der Waals surface area contributed by atoms with Gasteiger partial charge in [0, 0.05) is 40.9 Å². The average molecular weight is 526 g/mol. The van der Waals surface area contributed by atoms with E-state index in [-0.39, 0.29) is 30.7 Å². The zero-order chi connectivity index (χ0) is 25.7. The highest BCUT2D eigenvalue weighted by atomic mass is 35.5. The second kappa shape index (κ2) is 11.5. The molecule has 7 nitrogen and oxygen atoms in total. The predicted octanol–water partition coefficient (Wildman–Crippen LogP) is 4.99. The highest BCUT2D eigenvalue weighted by molar-refractivity contribution is 6.35. The molecule has 0 aliphatic carbocycles. The molecule has 1 heterocycles. The molecular formula is C27H25Cl2N3O4. The third-order valence-corrected chi connectivity index (χ3v) is 6.18. The highest BCUT2D eigenvalue weighted by Gasteiger charge is 2.35. The van der Waals surface area contributed by atoms with Crippen LogP contribution in [0.1, 0.15) is 17.5 Å². The largest absolute Gasteiger partial charge is 0.484 e. The molecule has 0 aromatic heterocycles. The van der Waals surface area contributed by atoms with Gasteiger partial charge in [0.25, 0.3) is 5.91 Å². The molecule has 2 N–H and O–H groups in total. The van der Waals surface area contributed by atoms with Gasteiger partial charge in [-0.1, -0.05) is 53.0 Å². The van der Waals surface area contributed by atoms with Crippen molar-refractivity contribution in [1.29, 1.82) is 0 Å². The number of ether oxygens (including phenoxy) is 1. The van der Waals surface area contributed by atoms with E-state index in [2.05, 4.69) is 10.6 Å². The van der Waals surface area contributed by atoms with Crippen molar-refractivity contribution in [2.75, 3.05) is 23.4 Å². The van der Waals surface area contributed by atoms with E-state index in [0.717, 1.165) is 11.1 Å². The number of amides is 3. The summed E-state index contributed by atoms with van der Waals surface area (Å²) in [5.74, 6) is -0.566. The van der Waals surface area contributed by atoms with E-state index in [9.17, 15) is 14.4 Å². The number of nitrogens with zero attached hydrogens (tertiary/aromatic N) is 1. The van der Waals surface area contributed by atoms with Gasteiger partial charge in [-0.05, 0) is 55.0 Å². The molecule has 186 valence electrons. The summed E-state index contributed by atoms with van der Waals surface area (Å²) in [5, 5.41) is 6.42. The smallest absolute Gasteiger partial charge is 0.262 e. The summed E-state index contributed by atoms with van der Waals surface area (Å²) in [6, 6.07) is 19.5. The summed E-state index contributed by atoms with van der Waals surface area (Å²) in [6.07, 6.45) is 0.158. The van der Waals surface area contributed by atoms with Gasteiger partial charge in [0.1, 0.15) is 5.75 Å². The lowest BCUT2D eigenvalue weighted by atomic mass is 10.1. The zero-order valence-corrected chi connectivity index (χ0v) is 21.1. The summed E-state index contributed by atoms with van der Waals surface area (Å²) in [7, 11) is 0. The van der Waals surface area contributed by atoms with Gasteiger partial charge in [0.2, 0.25) is 11.8 Å². The van der Waals surface area contributed by atoms with Crippen LogP contribution >= 0.6 is 23.2 Å². The van der Waals surface area contributed by atoms with Gasteiger partial charge in [0.05, 0.1) is 5.92 Å². The van der Waals surface area contributed by atoms with Crippen molar-refractivity contribution in [2.24, 2.45) is 5.92 Å². The van der Waals surface area contributed by atoms with Crippen molar-refractivity contribution in [3.05, 3.63) is 87.9 Å². The third-order valence-electron chi connectivity index (χ3n) is 5.75. The molecule has 1 aliphatic rings. The van der Waals surface area contributed by atoms with Gasteiger partial charge < -0.3 is 20.3 Å². The molecule has 3 aromatic carbocycles. The average Bonchev–Trinajstić information content (AvgIpc) is 3.23. The van der Waals surface area contributed by atoms with Gasteiger partial charge in [0.15, 0.2) is 6.61 Å². The van der Waals surface area contributed by atoms with Crippen molar-refractivity contribution >= 4 is 52.3 Å². The first kappa shape index (κ1) is 25.5. The molecule has 1 fully saturated rings. The van der Waals surface area contributed by atoms with Crippen LogP contribution in [0.25, 0.3) is 0 Å². The molecule has 0 spiro atoms. The summed E-state index contributed by atoms with van der Waals surface area (Å²) in [5.41, 5.74) is 3.31. The Hall–Kier alpha value is -3.55. The second-order valence-electron chi connectivity index (χ2n) is 8.60. The minimum atomic E-state index is -0.414. The van der Waals surface area contributed by atoms with Gasteiger partial charge >= 0.3 is 0 Å². The summed E-state index contributed by atoms with van der Waals surface area (Å²) < 4.78 is 5.54. The van der Waals surface area contributed by atoms with Crippen LogP contribution in [0.5, 0.6) is 5.75 Å². The van der Waals surface area contributed by atoms with Crippen LogP contribution < -0.4 is 20.3 Å². The third kappa shape index (κ3) is 6.77. The first-order valence-electron chi connectivity index (χ1n) is 11.4. The number of rotatable bonds is 8. The molecule has 0 saturated carbocycles. The molecule has 9 heteroatoms. The van der Waals surface area contributed by atoms with Crippen LogP contribution in [-0.2, 0) is 20.9 Å². The molecule has 1 atom stereocenters. The van der Waals surface area contributed by atoms with Crippen molar-refractivity contribution in [3.63, 3.8) is 0 Å². The van der Waals surface area contributed by atoms with E-state index in [4.69, 9.17) is 27.9 Å². The fourth-order valence-electron chi connectivity index (χ4n) is 3.87. The number of halogens is 2. The number of hydrogen-bond acceptors (Lipinski definition) is 4. The molecular weight excluding hydrogens is 501 g/mol. The minimum absolute atomic E-state index is 0.112. The Labute approximate surface area is 219 Å². The lowest BCUT2D eigenvalue weighted by Crippen LogP contribution is -2.32. The van der Waals surface area contributed by atoms with Gasteiger partial charge in [-0.3, -0.25) is 14.4 Å². The number of benzene rings is 3. The molecule has 1 saturated heterocycles. The number of carbonyl (C=O) groups excluding carboxylic acids is 3. The van der Waals surface area contributed by atoms with E-state index in [1.807, 2.05) is 31.2 Å². The molecule has 0 unspecified atom stereocenters. The Bertz CT molecular complexity index is 1240. The number of anilines is 2. The number of nitrogens with one attached hydrogen (secondary N) is 2. The molecule has 36 heavy (non-hydrogen) atoms. The maximum absolute atomic E-state index is 12.6. The topological polar surface area (TPSA) is 87.7 Å². The van der Waals surface area contributed by atoms with Crippen LogP contribution in [0.15, 0.2) is 66.7 Å². The van der Waals surface area contributed by atoms with E-state index in [0.29, 0.717) is 40.3 Å². The Morgan fingerprint density at radius 2 is 1.67 bits per heavy atom. The van der Waals surface area contributed by atoms with Crippen LogP contribution in [0, 0.1) is 12.8 Å². The number of hydrogen-bond donors (Lipinski definition) is 2. The Morgan fingerprint density at radius 3 is 2.33 bits per heavy atom. The van der Waals surface area contributed by atoms with Crippen LogP contribution in [0.4, 0.5) is 11.4 Å². The molecule has 1 aliphatic heterocycles. The number of aryl methyl sites for hydroxylation is 1. The lowest BCUT2D eigenvalue weighted by Gasteiger charge is -2.17. The second-order valence-corrected chi connectivity index (χ2v) is 9.47. The van der Waals surface area contributed by atoms with Gasteiger partial charge in [-0.15, -0.1) is 0 Å². The van der Waals surface area contributed by atoms with Crippen LogP contribution in [0.3, 0.4) is 0 Å². The van der Waals surface area contributed by atoms with Crippen LogP contribution in [0.2, 0.25) is 10.0 Å². The molecule has 4 rings (SSSR count). The Balaban J connectivity index is 1.27. The van der Waals surface area contributed by atoms with Crippen molar-refractivity contribution in [1.82, 2.24) is 5.32 Å². The van der Waals surface area contributed by atoms with Crippen molar-refractivity contribution in [2.45, 2.75) is 19.9 Å². The first-order chi connectivity index (χ1) is 17.3. The maximum atomic E-state index is 12.6. The molecule has 0 radical (unpaired) electrons. The van der Waals surface area contributed by atoms with E-state index < -0.39 is 5.92 Å². The summed E-state index contributed by atoms with van der Waals surface area (Å²) in [4.78, 5) is 38.9. The minimum Gasteiger partial charge on any atom is -0.484 e. The molecule has 3 amide bonds. The normalized spacial score (nSPS) is 15.0. The van der Waals surface area contributed by atoms with Gasteiger partial charge in [-0.25, -0.2) is 0 Å². The van der Waals surface area contributed by atoms with Crippen LogP contribution in [-0.4, -0.2) is 30.9 Å². The highest BCUT2D eigenvalue weighted by Crippen LogP contribution is 2.27. The fourth-order valence-corrected chi connectivity index (χ4v) is 4.39. The molecule has 3 aromatic rings. The fraction of sp³-hybridized carbons (Fsp3) is 0.222. The quantitative estimate of drug-likeness (QED) is 0.433. The van der Waals surface area contributed by atoms with Crippen molar-refractivity contribution < 1.29 is 19.1 Å². The summed E-state index contributed by atoms with van der Waals surface area (Å²) in [6.45, 7) is 2.53. The zero-order valence-electron chi connectivity index (χ0n) is 19.6. The predicted molar refractivity (Wildman–Crippen MR) is 141 cm³/mol. The van der Waals surface area contributed by atoms with Crippen molar-refractivity contribution in [3.8, 4) is 5.75 Å². The van der Waals surface area contributed by atoms with E-state index >= 15 is 0 Å². The summed E-state index contributed by atoms with van der Waals surface area (Å²) >= 11 is 11.9. The lowest BCUT2D eigenvalue weighted by molar-refractivity contribution is -0.126. The Morgan fingerprint density at radius 1 is 1.00 bits per heavy atom. The Kier molecular flexibility index (Phi) is 8.13. The van der Waals surface area contributed by atoms with Gasteiger partial charge in [-0.2, -0.15) is 0 Å². The standard InChI is InChI=1S/C27H25Cl2N3O4/c1-17-2-4-18(5-3-17)14-30-27(35)19-10-26(34)32(15-19)23-6-8-24(9-7-23)36-16-25(33)31-22-12-20(28)11-21(29)13-22/h2-9,11-13,19H,10,14-16H2,1H3,(H,30,35)(H,31,33)/t19-/m0/s1. The SMILES string of the molecule is Cc1ccc(CNC(=O)[C@H]2CC(=O)N(c3ccc(OCC(=O)Nc4cc(Cl)cc(Cl)c4)cc3)C2)cc1. The molecule has 0 bridgehead atoms. The van der Waals surface area contributed by atoms with E-state index in [1.54, 1.807) is 47.4 Å². The first-order valence-corrected chi connectivity index (χ1v) is 12.1. The number of carbonyl (C=O) groups is 3. The monoisotopic (exact) mass is 525 g/mol. The maximum Gasteiger partial charge on any atom is 0.262 e.